The largest absolute Gasteiger partial charge is 0.506 e. The highest BCUT2D eigenvalue weighted by Crippen LogP contribution is 2.29. The van der Waals surface area contributed by atoms with Crippen molar-refractivity contribution in [2.24, 2.45) is 0 Å². The van der Waals surface area contributed by atoms with E-state index < -0.39 is 0 Å². The van der Waals surface area contributed by atoms with Crippen molar-refractivity contribution >= 4 is 0 Å². The minimum Gasteiger partial charge on any atom is -0.506 e. The highest BCUT2D eigenvalue weighted by atomic mass is 16.5. The van der Waals surface area contributed by atoms with Gasteiger partial charge in [0.25, 0.3) is 0 Å². The van der Waals surface area contributed by atoms with Crippen LogP contribution in [0.25, 0.3) is 0 Å². The topological polar surface area (TPSA) is 62.6 Å². The molecule has 0 saturated carbocycles. The number of pyridine rings is 1. The first-order chi connectivity index (χ1) is 13.1. The molecule has 0 fully saturated rings. The van der Waals surface area contributed by atoms with Crippen molar-refractivity contribution in [2.75, 3.05) is 0 Å². The maximum absolute atomic E-state index is 10.4. The molecule has 4 heteroatoms. The highest BCUT2D eigenvalue weighted by molar-refractivity contribution is 5.45. The summed E-state index contributed by atoms with van der Waals surface area (Å²) in [6.45, 7) is 3.75. The molecule has 0 atom stereocenters. The Kier molecular flexibility index (Phi) is 6.09. The second-order valence-electron chi connectivity index (χ2n) is 6.60. The lowest BCUT2D eigenvalue weighted by Crippen LogP contribution is -2.06. The average Bonchev–Trinajstić information content (AvgIpc) is 2.67. The number of aliphatic hydroxyl groups is 1. The molecule has 0 unspecified atom stereocenters. The van der Waals surface area contributed by atoms with Crippen LogP contribution in [0.1, 0.15) is 41.4 Å². The molecular weight excluding hydrogens is 338 g/mol. The number of aromatic hydroxyl groups is 1. The van der Waals surface area contributed by atoms with Crippen LogP contribution in [0.5, 0.6) is 17.2 Å². The standard InChI is InChI=1S/C23H25NO3/c1-3-8-21-23(26)20(15-25)16(2)22(24-21)14-17-9-7-12-19(13-17)27-18-10-5-4-6-11-18/h4-7,9-13,25-26H,3,8,14-15H2,1-2H3. The van der Waals surface area contributed by atoms with Gasteiger partial charge in [-0.05, 0) is 48.7 Å². The quantitative estimate of drug-likeness (QED) is 0.625. The van der Waals surface area contributed by atoms with Crippen LogP contribution in [-0.4, -0.2) is 15.2 Å². The molecule has 3 rings (SSSR count). The lowest BCUT2D eigenvalue weighted by molar-refractivity contribution is 0.273. The Labute approximate surface area is 160 Å². The van der Waals surface area contributed by atoms with Crippen molar-refractivity contribution in [1.29, 1.82) is 0 Å². The molecule has 0 amide bonds. The predicted molar refractivity (Wildman–Crippen MR) is 106 cm³/mol. The van der Waals surface area contributed by atoms with Gasteiger partial charge in [0.05, 0.1) is 12.3 Å². The van der Waals surface area contributed by atoms with Crippen LogP contribution < -0.4 is 4.74 Å². The third-order valence-electron chi connectivity index (χ3n) is 4.61. The molecule has 140 valence electrons. The van der Waals surface area contributed by atoms with Crippen LogP contribution in [-0.2, 0) is 19.4 Å². The molecule has 3 aromatic rings. The van der Waals surface area contributed by atoms with Crippen molar-refractivity contribution in [2.45, 2.75) is 39.7 Å². The van der Waals surface area contributed by atoms with Gasteiger partial charge in [-0.2, -0.15) is 0 Å². The second kappa shape index (κ2) is 8.69. The van der Waals surface area contributed by atoms with Crippen LogP contribution in [0.15, 0.2) is 54.6 Å². The van der Waals surface area contributed by atoms with Crippen LogP contribution in [0, 0.1) is 6.92 Å². The predicted octanol–water partition coefficient (Wildman–Crippen LogP) is 4.92. The van der Waals surface area contributed by atoms with Crippen LogP contribution >= 0.6 is 0 Å². The van der Waals surface area contributed by atoms with Gasteiger partial charge in [0.1, 0.15) is 17.2 Å². The summed E-state index contributed by atoms with van der Waals surface area (Å²) in [5.74, 6) is 1.69. The summed E-state index contributed by atoms with van der Waals surface area (Å²) in [6, 6.07) is 17.6. The van der Waals surface area contributed by atoms with E-state index in [4.69, 9.17) is 4.74 Å². The molecule has 0 spiro atoms. The Hall–Kier alpha value is -2.85. The van der Waals surface area contributed by atoms with Gasteiger partial charge < -0.3 is 14.9 Å². The van der Waals surface area contributed by atoms with Crippen LogP contribution in [0.3, 0.4) is 0 Å². The first-order valence-corrected chi connectivity index (χ1v) is 9.25. The monoisotopic (exact) mass is 363 g/mol. The van der Waals surface area contributed by atoms with Gasteiger partial charge in [-0.3, -0.25) is 4.98 Å². The fraction of sp³-hybridized carbons (Fsp3) is 0.261. The number of para-hydroxylation sites is 1. The molecule has 2 N–H and O–H groups in total. The summed E-state index contributed by atoms with van der Waals surface area (Å²) in [6.07, 6.45) is 2.18. The second-order valence-corrected chi connectivity index (χ2v) is 6.60. The molecular formula is C23H25NO3. The summed E-state index contributed by atoms with van der Waals surface area (Å²) in [7, 11) is 0. The molecule has 4 nitrogen and oxygen atoms in total. The Morgan fingerprint density at radius 1 is 0.963 bits per heavy atom. The highest BCUT2D eigenvalue weighted by Gasteiger charge is 2.16. The van der Waals surface area contributed by atoms with E-state index in [-0.39, 0.29) is 12.4 Å². The summed E-state index contributed by atoms with van der Waals surface area (Å²) in [5.41, 5.74) is 4.00. The molecule has 1 aromatic heterocycles. The van der Waals surface area contributed by atoms with E-state index in [1.807, 2.05) is 68.4 Å². The van der Waals surface area contributed by atoms with E-state index in [0.717, 1.165) is 34.7 Å². The van der Waals surface area contributed by atoms with E-state index in [1.54, 1.807) is 0 Å². The number of ether oxygens (including phenoxy) is 1. The van der Waals surface area contributed by atoms with Crippen molar-refractivity contribution in [3.8, 4) is 17.2 Å². The van der Waals surface area contributed by atoms with Gasteiger partial charge in [0, 0.05) is 17.7 Å². The number of aryl methyl sites for hydroxylation is 1. The first kappa shape index (κ1) is 18.9. The molecule has 2 aromatic carbocycles. The molecule has 0 aliphatic heterocycles. The normalized spacial score (nSPS) is 10.8. The summed E-state index contributed by atoms with van der Waals surface area (Å²) in [4.78, 5) is 4.68. The molecule has 0 radical (unpaired) electrons. The van der Waals surface area contributed by atoms with Gasteiger partial charge in [-0.15, -0.1) is 0 Å². The van der Waals surface area contributed by atoms with Gasteiger partial charge in [-0.1, -0.05) is 43.7 Å². The number of rotatable bonds is 7. The number of aliphatic hydroxyl groups excluding tert-OH is 1. The van der Waals surface area contributed by atoms with Gasteiger partial charge >= 0.3 is 0 Å². The average molecular weight is 363 g/mol. The number of hydrogen-bond acceptors (Lipinski definition) is 4. The third kappa shape index (κ3) is 4.47. The molecule has 0 bridgehead atoms. The van der Waals surface area contributed by atoms with Gasteiger partial charge in [-0.25, -0.2) is 0 Å². The third-order valence-corrected chi connectivity index (χ3v) is 4.61. The fourth-order valence-electron chi connectivity index (χ4n) is 3.14. The minimum atomic E-state index is -0.193. The van der Waals surface area contributed by atoms with Crippen molar-refractivity contribution in [3.05, 3.63) is 82.7 Å². The summed E-state index contributed by atoms with van der Waals surface area (Å²) >= 11 is 0. The van der Waals surface area contributed by atoms with E-state index in [1.165, 1.54) is 0 Å². The Morgan fingerprint density at radius 3 is 2.41 bits per heavy atom. The van der Waals surface area contributed by atoms with E-state index >= 15 is 0 Å². The Bertz CT molecular complexity index is 907. The number of benzene rings is 2. The smallest absolute Gasteiger partial charge is 0.142 e. The minimum absolute atomic E-state index is 0.127. The van der Waals surface area contributed by atoms with Crippen LogP contribution in [0.2, 0.25) is 0 Å². The van der Waals surface area contributed by atoms with Crippen LogP contribution in [0.4, 0.5) is 0 Å². The fourth-order valence-corrected chi connectivity index (χ4v) is 3.14. The maximum Gasteiger partial charge on any atom is 0.142 e. The zero-order valence-electron chi connectivity index (χ0n) is 15.8. The zero-order valence-corrected chi connectivity index (χ0v) is 15.8. The lowest BCUT2D eigenvalue weighted by Gasteiger charge is -2.15. The number of aromatic nitrogens is 1. The Balaban J connectivity index is 1.89. The molecule has 27 heavy (non-hydrogen) atoms. The van der Waals surface area contributed by atoms with Crippen molar-refractivity contribution in [1.82, 2.24) is 4.98 Å². The molecule has 1 heterocycles. The van der Waals surface area contributed by atoms with Gasteiger partial charge in [0.15, 0.2) is 0 Å². The van der Waals surface area contributed by atoms with E-state index in [2.05, 4.69) is 4.98 Å². The number of nitrogens with zero attached hydrogens (tertiary/aromatic N) is 1. The summed E-state index contributed by atoms with van der Waals surface area (Å²) < 4.78 is 5.91. The lowest BCUT2D eigenvalue weighted by atomic mass is 9.99. The molecule has 0 saturated heterocycles. The van der Waals surface area contributed by atoms with E-state index in [0.29, 0.717) is 24.1 Å². The van der Waals surface area contributed by atoms with Crippen molar-refractivity contribution in [3.63, 3.8) is 0 Å². The van der Waals surface area contributed by atoms with Crippen molar-refractivity contribution < 1.29 is 14.9 Å². The molecule has 0 aliphatic rings. The SMILES string of the molecule is CCCc1nc(Cc2cccc(Oc3ccccc3)c2)c(C)c(CO)c1O. The zero-order chi connectivity index (χ0) is 19.2. The van der Waals surface area contributed by atoms with Gasteiger partial charge in [0.2, 0.25) is 0 Å². The maximum atomic E-state index is 10.4. The first-order valence-electron chi connectivity index (χ1n) is 9.25. The Morgan fingerprint density at radius 2 is 1.70 bits per heavy atom. The summed E-state index contributed by atoms with van der Waals surface area (Å²) in [5, 5.41) is 20.0. The molecule has 0 aliphatic carbocycles. The van der Waals surface area contributed by atoms with E-state index in [9.17, 15) is 10.2 Å². The number of hydrogen-bond donors (Lipinski definition) is 2.